The lowest BCUT2D eigenvalue weighted by Crippen LogP contribution is -2.41. The fourth-order valence-corrected chi connectivity index (χ4v) is 2.04. The molecule has 8 heteroatoms. The van der Waals surface area contributed by atoms with Crippen molar-refractivity contribution >= 4 is 11.9 Å². The van der Waals surface area contributed by atoms with Crippen LogP contribution >= 0.6 is 0 Å². The van der Waals surface area contributed by atoms with Crippen LogP contribution in [0.2, 0.25) is 0 Å². The summed E-state index contributed by atoms with van der Waals surface area (Å²) in [4.78, 5) is 22.9. The molecule has 2 atom stereocenters. The summed E-state index contributed by atoms with van der Waals surface area (Å²) in [5, 5.41) is 6.26. The van der Waals surface area contributed by atoms with Gasteiger partial charge in [-0.15, -0.1) is 0 Å². The molecule has 0 aromatic carbocycles. The summed E-state index contributed by atoms with van der Waals surface area (Å²) in [6.45, 7) is 4.42. The summed E-state index contributed by atoms with van der Waals surface area (Å²) < 4.78 is 20.8. The van der Waals surface area contributed by atoms with Crippen molar-refractivity contribution in [2.75, 3.05) is 52.6 Å². The number of esters is 2. The first-order chi connectivity index (χ1) is 10.7. The standard InChI is InChI=1S/C14H22N2O6/c17-13(21-9-11-7-15-3-5-19-11)1-2-14(18)22-10-12-8-16-4-6-20-12/h1-2,11-12,15-16H,3-10H2/b2-1+. The maximum Gasteiger partial charge on any atom is 0.331 e. The average molecular weight is 314 g/mol. The van der Waals surface area contributed by atoms with E-state index in [1.165, 1.54) is 0 Å². The van der Waals surface area contributed by atoms with Crippen LogP contribution in [0.15, 0.2) is 12.2 Å². The van der Waals surface area contributed by atoms with Gasteiger partial charge in [-0.05, 0) is 0 Å². The van der Waals surface area contributed by atoms with Crippen molar-refractivity contribution in [3.05, 3.63) is 12.2 Å². The van der Waals surface area contributed by atoms with Crippen molar-refractivity contribution in [1.82, 2.24) is 10.6 Å². The van der Waals surface area contributed by atoms with Crippen LogP contribution < -0.4 is 10.6 Å². The van der Waals surface area contributed by atoms with Crippen LogP contribution in [0.5, 0.6) is 0 Å². The Bertz CT molecular complexity index is 353. The highest BCUT2D eigenvalue weighted by atomic mass is 16.6. The molecule has 2 fully saturated rings. The highest BCUT2D eigenvalue weighted by molar-refractivity contribution is 5.91. The summed E-state index contributed by atoms with van der Waals surface area (Å²) in [7, 11) is 0. The Labute approximate surface area is 129 Å². The second-order valence-corrected chi connectivity index (χ2v) is 4.99. The number of carbonyl (C=O) groups is 2. The minimum Gasteiger partial charge on any atom is -0.460 e. The first-order valence-corrected chi connectivity index (χ1v) is 7.40. The summed E-state index contributed by atoms with van der Waals surface area (Å²) in [6.07, 6.45) is 1.82. The zero-order chi connectivity index (χ0) is 15.6. The average Bonchev–Trinajstić information content (AvgIpc) is 2.58. The maximum absolute atomic E-state index is 11.5. The topological polar surface area (TPSA) is 95.1 Å². The van der Waals surface area contributed by atoms with E-state index in [1.54, 1.807) is 0 Å². The van der Waals surface area contributed by atoms with Gasteiger partial charge in [-0.3, -0.25) is 0 Å². The number of hydrogen-bond donors (Lipinski definition) is 2. The lowest BCUT2D eigenvalue weighted by atomic mass is 10.3. The molecule has 0 bridgehead atoms. The largest absolute Gasteiger partial charge is 0.460 e. The third-order valence-electron chi connectivity index (χ3n) is 3.19. The lowest BCUT2D eigenvalue weighted by Gasteiger charge is -2.23. The van der Waals surface area contributed by atoms with Gasteiger partial charge in [-0.1, -0.05) is 0 Å². The first kappa shape index (κ1) is 16.9. The molecule has 0 aromatic rings. The van der Waals surface area contributed by atoms with Crippen LogP contribution in [0.4, 0.5) is 0 Å². The van der Waals surface area contributed by atoms with Gasteiger partial charge >= 0.3 is 11.9 Å². The molecule has 0 radical (unpaired) electrons. The molecule has 2 N–H and O–H groups in total. The van der Waals surface area contributed by atoms with Gasteiger partial charge in [0.25, 0.3) is 0 Å². The fourth-order valence-electron chi connectivity index (χ4n) is 2.04. The monoisotopic (exact) mass is 314 g/mol. The molecule has 2 saturated heterocycles. The van der Waals surface area contributed by atoms with Crippen molar-refractivity contribution < 1.29 is 28.5 Å². The number of morpholine rings is 2. The third kappa shape index (κ3) is 6.52. The van der Waals surface area contributed by atoms with Gasteiger partial charge in [0.05, 0.1) is 13.2 Å². The van der Waals surface area contributed by atoms with E-state index < -0.39 is 11.9 Å². The molecular formula is C14H22N2O6. The van der Waals surface area contributed by atoms with E-state index in [0.717, 1.165) is 25.2 Å². The second kappa shape index (κ2) is 9.52. The highest BCUT2D eigenvalue weighted by Crippen LogP contribution is 1.99. The van der Waals surface area contributed by atoms with E-state index in [1.807, 2.05) is 0 Å². The molecule has 8 nitrogen and oxygen atoms in total. The minimum absolute atomic E-state index is 0.144. The molecule has 0 spiro atoms. The Morgan fingerprint density at radius 1 is 0.909 bits per heavy atom. The smallest absolute Gasteiger partial charge is 0.331 e. The first-order valence-electron chi connectivity index (χ1n) is 7.40. The summed E-state index contributed by atoms with van der Waals surface area (Å²) in [5.74, 6) is -1.19. The summed E-state index contributed by atoms with van der Waals surface area (Å²) >= 11 is 0. The molecule has 0 saturated carbocycles. The van der Waals surface area contributed by atoms with E-state index in [-0.39, 0.29) is 25.4 Å². The molecule has 0 aromatic heterocycles. The Hall–Kier alpha value is -1.48. The van der Waals surface area contributed by atoms with Gasteiger partial charge < -0.3 is 29.6 Å². The van der Waals surface area contributed by atoms with Crippen molar-refractivity contribution in [2.45, 2.75) is 12.2 Å². The van der Waals surface area contributed by atoms with Gasteiger partial charge in [-0.2, -0.15) is 0 Å². The predicted octanol–water partition coefficient (Wildman–Crippen LogP) is -1.39. The summed E-state index contributed by atoms with van der Waals surface area (Å²) in [6, 6.07) is 0. The zero-order valence-corrected chi connectivity index (χ0v) is 12.4. The van der Waals surface area contributed by atoms with Gasteiger partial charge in [0.15, 0.2) is 0 Å². The number of hydrogen-bond acceptors (Lipinski definition) is 8. The van der Waals surface area contributed by atoms with Crippen LogP contribution in [-0.2, 0) is 28.5 Å². The van der Waals surface area contributed by atoms with Gasteiger partial charge in [0.1, 0.15) is 25.4 Å². The SMILES string of the molecule is O=C(/C=C/C(=O)OCC1CNCCO1)OCC1CNCCO1. The predicted molar refractivity (Wildman–Crippen MR) is 76.3 cm³/mol. The Morgan fingerprint density at radius 2 is 1.36 bits per heavy atom. The van der Waals surface area contributed by atoms with Crippen molar-refractivity contribution in [1.29, 1.82) is 0 Å². The molecule has 2 aliphatic heterocycles. The van der Waals surface area contributed by atoms with Gasteiger partial charge in [0.2, 0.25) is 0 Å². The number of ether oxygens (including phenoxy) is 4. The second-order valence-electron chi connectivity index (χ2n) is 4.99. The third-order valence-corrected chi connectivity index (χ3v) is 3.19. The fraction of sp³-hybridized carbons (Fsp3) is 0.714. The van der Waals surface area contributed by atoms with Crippen LogP contribution in [0.1, 0.15) is 0 Å². The number of nitrogens with one attached hydrogen (secondary N) is 2. The van der Waals surface area contributed by atoms with Gasteiger partial charge in [0, 0.05) is 38.3 Å². The van der Waals surface area contributed by atoms with Crippen LogP contribution in [0.25, 0.3) is 0 Å². The highest BCUT2D eigenvalue weighted by Gasteiger charge is 2.16. The molecular weight excluding hydrogens is 292 g/mol. The minimum atomic E-state index is -0.596. The van der Waals surface area contributed by atoms with Crippen LogP contribution in [0, 0.1) is 0 Å². The molecule has 2 aliphatic rings. The number of carbonyl (C=O) groups excluding carboxylic acids is 2. The zero-order valence-electron chi connectivity index (χ0n) is 12.4. The normalized spacial score (nSPS) is 25.8. The quantitative estimate of drug-likeness (QED) is 0.457. The summed E-state index contributed by atoms with van der Waals surface area (Å²) in [5.41, 5.74) is 0. The van der Waals surface area contributed by atoms with Crippen LogP contribution in [0.3, 0.4) is 0 Å². The molecule has 2 unspecified atom stereocenters. The van der Waals surface area contributed by atoms with Crippen LogP contribution in [-0.4, -0.2) is 76.8 Å². The Kier molecular flexibility index (Phi) is 7.31. The van der Waals surface area contributed by atoms with E-state index in [9.17, 15) is 9.59 Å². The van der Waals surface area contributed by atoms with Crippen molar-refractivity contribution in [3.8, 4) is 0 Å². The Balaban J connectivity index is 1.58. The molecule has 0 amide bonds. The maximum atomic E-state index is 11.5. The van der Waals surface area contributed by atoms with E-state index in [4.69, 9.17) is 18.9 Å². The molecule has 0 aliphatic carbocycles. The van der Waals surface area contributed by atoms with E-state index in [2.05, 4.69) is 10.6 Å². The molecule has 2 rings (SSSR count). The molecule has 124 valence electrons. The Morgan fingerprint density at radius 3 is 1.73 bits per heavy atom. The molecule has 2 heterocycles. The molecule has 22 heavy (non-hydrogen) atoms. The van der Waals surface area contributed by atoms with E-state index in [0.29, 0.717) is 26.3 Å². The number of rotatable bonds is 6. The lowest BCUT2D eigenvalue weighted by molar-refractivity contribution is -0.145. The van der Waals surface area contributed by atoms with Crippen molar-refractivity contribution in [2.24, 2.45) is 0 Å². The van der Waals surface area contributed by atoms with E-state index >= 15 is 0 Å². The van der Waals surface area contributed by atoms with Gasteiger partial charge in [-0.25, -0.2) is 9.59 Å². The van der Waals surface area contributed by atoms with Crippen molar-refractivity contribution in [3.63, 3.8) is 0 Å².